The summed E-state index contributed by atoms with van der Waals surface area (Å²) in [6.07, 6.45) is 15.2. The van der Waals surface area contributed by atoms with Gasteiger partial charge in [-0.05, 0) is 69.4 Å². The molecule has 1 aliphatic carbocycles. The van der Waals surface area contributed by atoms with Crippen molar-refractivity contribution in [3.8, 4) is 0 Å². The van der Waals surface area contributed by atoms with Gasteiger partial charge in [0.1, 0.15) is 4.60 Å². The molecule has 5 aromatic rings. The Labute approximate surface area is 257 Å². The minimum atomic E-state index is -2.48. The monoisotopic (exact) mass is 642 g/mol. The van der Waals surface area contributed by atoms with Gasteiger partial charge >= 0.3 is 0 Å². The van der Waals surface area contributed by atoms with Crippen molar-refractivity contribution < 1.29 is 4.43 Å². The molecule has 0 aliphatic heterocycles. The second-order valence-electron chi connectivity index (χ2n) is 12.4. The zero-order valence-corrected chi connectivity index (χ0v) is 27.2. The average molecular weight is 644 g/mol. The van der Waals surface area contributed by atoms with E-state index in [-0.39, 0.29) is 5.04 Å². The Hall–Kier alpha value is -3.27. The highest BCUT2D eigenvalue weighted by atomic mass is 79.9. The van der Waals surface area contributed by atoms with E-state index in [4.69, 9.17) is 9.52 Å². The summed E-state index contributed by atoms with van der Waals surface area (Å²) in [6.45, 7) is 7.84. The van der Waals surface area contributed by atoms with E-state index in [0.717, 1.165) is 41.8 Å². The lowest BCUT2D eigenvalue weighted by atomic mass is 9.84. The van der Waals surface area contributed by atoms with Crippen LogP contribution < -0.4 is 15.7 Å². The molecule has 1 aliphatic rings. The zero-order chi connectivity index (χ0) is 29.2. The first-order valence-corrected chi connectivity index (χ1v) is 17.6. The first-order valence-electron chi connectivity index (χ1n) is 14.9. The number of halogens is 1. The Balaban J connectivity index is 1.08. The van der Waals surface area contributed by atoms with Crippen LogP contribution in [0.2, 0.25) is 5.04 Å². The molecule has 1 N–H and O–H groups in total. The maximum atomic E-state index is 7.17. The number of imidazole rings is 1. The van der Waals surface area contributed by atoms with Crippen LogP contribution in [0.1, 0.15) is 58.9 Å². The average Bonchev–Trinajstić information content (AvgIpc) is 3.69. The highest BCUT2D eigenvalue weighted by molar-refractivity contribution is 9.10. The summed E-state index contributed by atoms with van der Waals surface area (Å²) in [5.41, 5.74) is 1.70. The predicted molar refractivity (Wildman–Crippen MR) is 175 cm³/mol. The van der Waals surface area contributed by atoms with Crippen LogP contribution in [0, 0.1) is 5.92 Å². The van der Waals surface area contributed by atoms with Gasteiger partial charge in [0.05, 0.1) is 24.1 Å². The molecule has 9 heteroatoms. The molecule has 0 atom stereocenters. The summed E-state index contributed by atoms with van der Waals surface area (Å²) in [7, 11) is -2.48. The molecule has 2 aromatic carbocycles. The number of hydrogen-bond acceptors (Lipinski definition) is 5. The number of hydrogen-bond donors (Lipinski definition) is 1. The first kappa shape index (κ1) is 28.8. The fourth-order valence-electron chi connectivity index (χ4n) is 6.55. The number of nitrogens with zero attached hydrogens (tertiary/aromatic N) is 5. The summed E-state index contributed by atoms with van der Waals surface area (Å²) in [6, 6.07) is 22.3. The van der Waals surface area contributed by atoms with Gasteiger partial charge in [-0.1, -0.05) is 81.4 Å². The van der Waals surface area contributed by atoms with Crippen molar-refractivity contribution in [2.75, 3.05) is 11.9 Å². The van der Waals surface area contributed by atoms with E-state index in [9.17, 15) is 0 Å². The third-order valence-electron chi connectivity index (χ3n) is 8.70. The Bertz CT molecular complexity index is 1570. The van der Waals surface area contributed by atoms with Gasteiger partial charge in [-0.2, -0.15) is 5.10 Å². The summed E-state index contributed by atoms with van der Waals surface area (Å²) in [4.78, 5) is 8.96. The fourth-order valence-corrected chi connectivity index (χ4v) is 11.5. The van der Waals surface area contributed by atoms with Crippen LogP contribution in [0.25, 0.3) is 5.65 Å². The Morgan fingerprint density at radius 2 is 1.60 bits per heavy atom. The summed E-state index contributed by atoms with van der Waals surface area (Å²) in [5.74, 6) is 1.39. The van der Waals surface area contributed by atoms with Crippen LogP contribution in [-0.2, 0) is 4.43 Å². The van der Waals surface area contributed by atoms with E-state index in [0.29, 0.717) is 17.8 Å². The van der Waals surface area contributed by atoms with E-state index in [1.54, 1.807) is 12.4 Å². The lowest BCUT2D eigenvalue weighted by Crippen LogP contribution is -2.66. The zero-order valence-electron chi connectivity index (χ0n) is 24.6. The van der Waals surface area contributed by atoms with Crippen molar-refractivity contribution in [1.29, 1.82) is 0 Å². The third kappa shape index (κ3) is 5.70. The molecule has 6 rings (SSSR count). The summed E-state index contributed by atoms with van der Waals surface area (Å²) < 4.78 is 12.1. The van der Waals surface area contributed by atoms with Gasteiger partial charge < -0.3 is 9.74 Å². The van der Waals surface area contributed by atoms with Crippen molar-refractivity contribution in [3.05, 3.63) is 96.3 Å². The van der Waals surface area contributed by atoms with Crippen LogP contribution in [0.15, 0.2) is 96.3 Å². The number of rotatable bonds is 9. The fraction of sp³-hybridized carbons (Fsp3) is 0.364. The Morgan fingerprint density at radius 3 is 2.24 bits per heavy atom. The van der Waals surface area contributed by atoms with E-state index in [1.165, 1.54) is 23.2 Å². The molecule has 7 nitrogen and oxygen atoms in total. The largest absolute Gasteiger partial charge is 0.407 e. The minimum Gasteiger partial charge on any atom is -0.407 e. The molecule has 3 heterocycles. The van der Waals surface area contributed by atoms with Crippen LogP contribution in [0.5, 0.6) is 0 Å². The lowest BCUT2D eigenvalue weighted by molar-refractivity contribution is 0.206. The smallest absolute Gasteiger partial charge is 0.261 e. The van der Waals surface area contributed by atoms with E-state index in [2.05, 4.69) is 124 Å². The van der Waals surface area contributed by atoms with Crippen LogP contribution in [0.4, 0.5) is 11.5 Å². The molecule has 1 saturated carbocycles. The quantitative estimate of drug-likeness (QED) is 0.173. The highest BCUT2D eigenvalue weighted by Gasteiger charge is 2.50. The number of nitrogens with one attached hydrogen (secondary N) is 1. The van der Waals surface area contributed by atoms with Crippen molar-refractivity contribution >= 4 is 51.8 Å². The van der Waals surface area contributed by atoms with Gasteiger partial charge in [-0.25, -0.2) is 9.97 Å². The molecule has 0 spiro atoms. The molecule has 0 radical (unpaired) electrons. The maximum absolute atomic E-state index is 7.17. The standard InChI is InChI=1S/C33H39BrN6OSi/c1-33(2,3)42(28-10-6-4-7-11-28,29-12-8-5-9-13-29)41-21-18-25-14-16-27(17-15-25)40-24-26(22-37-40)38-31-32-35-19-20-39(32)30(34)23-36-31/h4-13,19-20,22-25,27H,14-18,21H2,1-3H3,(H,36,38). The number of anilines is 2. The maximum Gasteiger partial charge on any atom is 0.261 e. The number of benzene rings is 2. The van der Waals surface area contributed by atoms with Crippen molar-refractivity contribution in [2.45, 2.75) is 64.0 Å². The van der Waals surface area contributed by atoms with Gasteiger partial charge in [-0.3, -0.25) is 9.08 Å². The first-order chi connectivity index (χ1) is 20.3. The van der Waals surface area contributed by atoms with Gasteiger partial charge in [0.2, 0.25) is 0 Å². The lowest BCUT2D eigenvalue weighted by Gasteiger charge is -2.43. The van der Waals surface area contributed by atoms with Gasteiger partial charge in [0.15, 0.2) is 11.5 Å². The van der Waals surface area contributed by atoms with E-state index >= 15 is 0 Å². The molecule has 0 unspecified atom stereocenters. The number of fused-ring (bicyclic) bond motifs is 1. The van der Waals surface area contributed by atoms with Crippen molar-refractivity contribution in [3.63, 3.8) is 0 Å². The Kier molecular flexibility index (Phi) is 8.34. The van der Waals surface area contributed by atoms with Crippen molar-refractivity contribution in [1.82, 2.24) is 24.1 Å². The normalized spacial score (nSPS) is 17.9. The Morgan fingerprint density at radius 1 is 0.929 bits per heavy atom. The second kappa shape index (κ2) is 12.1. The number of aromatic nitrogens is 5. The minimum absolute atomic E-state index is 0.00827. The molecular formula is C33H39BrN6OSi. The van der Waals surface area contributed by atoms with Gasteiger partial charge in [0, 0.05) is 25.2 Å². The van der Waals surface area contributed by atoms with E-state index in [1.807, 2.05) is 16.8 Å². The second-order valence-corrected chi connectivity index (χ2v) is 17.5. The molecule has 218 valence electrons. The molecule has 42 heavy (non-hydrogen) atoms. The molecule has 0 bridgehead atoms. The van der Waals surface area contributed by atoms with Crippen LogP contribution in [0.3, 0.4) is 0 Å². The molecule has 0 amide bonds. The summed E-state index contributed by atoms with van der Waals surface area (Å²) in [5, 5.41) is 10.8. The summed E-state index contributed by atoms with van der Waals surface area (Å²) >= 11 is 3.52. The molecule has 0 saturated heterocycles. The SMILES string of the molecule is CC(C)(C)[Si](OCCC1CCC(n2cc(Nc3ncc(Br)n4ccnc34)cn2)CC1)(c1ccccc1)c1ccccc1. The molecule has 3 aromatic heterocycles. The third-order valence-corrected chi connectivity index (χ3v) is 14.3. The van der Waals surface area contributed by atoms with Crippen molar-refractivity contribution in [2.24, 2.45) is 5.92 Å². The highest BCUT2D eigenvalue weighted by Crippen LogP contribution is 2.38. The predicted octanol–water partition coefficient (Wildman–Crippen LogP) is 7.13. The molecular weight excluding hydrogens is 604 g/mol. The van der Waals surface area contributed by atoms with Gasteiger partial charge in [-0.15, -0.1) is 0 Å². The topological polar surface area (TPSA) is 69.3 Å². The van der Waals surface area contributed by atoms with Crippen LogP contribution >= 0.6 is 15.9 Å². The van der Waals surface area contributed by atoms with Gasteiger partial charge in [0.25, 0.3) is 8.32 Å². The molecule has 1 fully saturated rings. The van der Waals surface area contributed by atoms with E-state index < -0.39 is 8.32 Å². The van der Waals surface area contributed by atoms with Crippen LogP contribution in [-0.4, -0.2) is 39.1 Å².